The summed E-state index contributed by atoms with van der Waals surface area (Å²) in [5, 5.41) is 2.45. The van der Waals surface area contributed by atoms with E-state index in [0.29, 0.717) is 6.61 Å². The fraction of sp³-hybridized carbons (Fsp3) is 0.500. The van der Waals surface area contributed by atoms with Gasteiger partial charge in [0.1, 0.15) is 5.60 Å². The van der Waals surface area contributed by atoms with Gasteiger partial charge in [0.25, 0.3) is 0 Å². The number of alkyl carbamates (subject to hydrolysis) is 1. The van der Waals surface area contributed by atoms with Crippen LogP contribution in [0, 0.1) is 0 Å². The lowest BCUT2D eigenvalue weighted by Crippen LogP contribution is -2.46. The fourth-order valence-corrected chi connectivity index (χ4v) is 1.63. The maximum absolute atomic E-state index is 11.7. The molecule has 0 aliphatic carbocycles. The summed E-state index contributed by atoms with van der Waals surface area (Å²) in [4.78, 5) is 23.4. The van der Waals surface area contributed by atoms with Gasteiger partial charge >= 0.3 is 12.1 Å². The van der Waals surface area contributed by atoms with Crippen molar-refractivity contribution in [2.24, 2.45) is 0 Å². The van der Waals surface area contributed by atoms with E-state index in [9.17, 15) is 9.59 Å². The average Bonchev–Trinajstić information content (AvgIpc) is 2.44. The first kappa shape index (κ1) is 18.0. The Morgan fingerprint density at radius 2 is 1.86 bits per heavy atom. The number of hydrogen-bond acceptors (Lipinski definition) is 5. The molecule has 0 aliphatic rings. The molecule has 22 heavy (non-hydrogen) atoms. The Hall–Kier alpha value is -2.08. The summed E-state index contributed by atoms with van der Waals surface area (Å²) in [6, 6.07) is 8.61. The van der Waals surface area contributed by atoms with Crippen molar-refractivity contribution < 1.29 is 25.2 Å². The third-order valence-corrected chi connectivity index (χ3v) is 2.57. The largest absolute Gasteiger partial charge is 0.467 e. The minimum absolute atomic E-state index is 0. The van der Waals surface area contributed by atoms with Gasteiger partial charge in [-0.1, -0.05) is 30.3 Å². The maximum atomic E-state index is 11.7. The van der Waals surface area contributed by atoms with Crippen molar-refractivity contribution in [2.45, 2.75) is 39.0 Å². The fourth-order valence-electron chi connectivity index (χ4n) is 1.63. The lowest BCUT2D eigenvalue weighted by atomic mass is 10.2. The van der Waals surface area contributed by atoms with Crippen LogP contribution in [0.3, 0.4) is 0 Å². The van der Waals surface area contributed by atoms with Gasteiger partial charge in [0.15, 0.2) is 6.04 Å². The van der Waals surface area contributed by atoms with E-state index in [1.807, 2.05) is 30.3 Å². The Labute approximate surface area is 132 Å². The minimum Gasteiger partial charge on any atom is -0.467 e. The van der Waals surface area contributed by atoms with Crippen molar-refractivity contribution in [3.05, 3.63) is 35.9 Å². The Balaban J connectivity index is 0.00000484. The van der Waals surface area contributed by atoms with Crippen molar-refractivity contribution in [3.8, 4) is 0 Å². The van der Waals surface area contributed by atoms with Gasteiger partial charge in [0, 0.05) is 1.43 Å². The van der Waals surface area contributed by atoms with Crippen LogP contribution in [0.5, 0.6) is 0 Å². The molecule has 0 aromatic heterocycles. The first-order valence-corrected chi connectivity index (χ1v) is 7.01. The molecular weight excluding hydrogens is 286 g/mol. The summed E-state index contributed by atoms with van der Waals surface area (Å²) in [6.45, 7) is 5.56. The van der Waals surface area contributed by atoms with E-state index in [1.54, 1.807) is 20.8 Å². The second kappa shape index (κ2) is 8.38. The molecule has 1 aromatic carbocycles. The molecule has 6 nitrogen and oxygen atoms in total. The standard InChI is InChI=1S/C16H23NO5.H2/c1-16(2,3)22-15(19)17-13(14(18)20-4)11-21-10-12-8-6-5-7-9-12;/h5-9,13H,10-11H2,1-4H3,(H,17,19);1H. The van der Waals surface area contributed by atoms with E-state index in [0.717, 1.165) is 5.56 Å². The predicted molar refractivity (Wildman–Crippen MR) is 83.4 cm³/mol. The number of esters is 1. The highest BCUT2D eigenvalue weighted by atomic mass is 16.6. The molecule has 0 saturated carbocycles. The van der Waals surface area contributed by atoms with Gasteiger partial charge in [-0.2, -0.15) is 0 Å². The van der Waals surface area contributed by atoms with Crippen LogP contribution < -0.4 is 5.32 Å². The normalized spacial score (nSPS) is 12.4. The number of carbonyl (C=O) groups excluding carboxylic acids is 2. The number of nitrogens with one attached hydrogen (secondary N) is 1. The monoisotopic (exact) mass is 311 g/mol. The molecule has 0 aliphatic heterocycles. The van der Waals surface area contributed by atoms with Crippen LogP contribution in [-0.4, -0.2) is 37.4 Å². The molecule has 0 heterocycles. The quantitative estimate of drug-likeness (QED) is 0.817. The van der Waals surface area contributed by atoms with E-state index in [4.69, 9.17) is 9.47 Å². The van der Waals surface area contributed by atoms with Crippen LogP contribution in [0.4, 0.5) is 4.79 Å². The van der Waals surface area contributed by atoms with Crippen molar-refractivity contribution in [1.29, 1.82) is 0 Å². The van der Waals surface area contributed by atoms with Crippen molar-refractivity contribution in [3.63, 3.8) is 0 Å². The Morgan fingerprint density at radius 1 is 1.23 bits per heavy atom. The topological polar surface area (TPSA) is 73.9 Å². The lowest BCUT2D eigenvalue weighted by molar-refractivity contribution is -0.145. The Kier molecular flexibility index (Phi) is 6.85. The zero-order valence-electron chi connectivity index (χ0n) is 13.4. The molecule has 0 bridgehead atoms. The van der Waals surface area contributed by atoms with E-state index in [2.05, 4.69) is 10.1 Å². The van der Waals surface area contributed by atoms with Gasteiger partial charge in [-0.25, -0.2) is 9.59 Å². The molecular formula is C16H25NO5. The minimum atomic E-state index is -0.913. The van der Waals surface area contributed by atoms with E-state index < -0.39 is 23.7 Å². The summed E-state index contributed by atoms with van der Waals surface area (Å²) in [6.07, 6.45) is -0.689. The van der Waals surface area contributed by atoms with Crippen LogP contribution >= 0.6 is 0 Å². The summed E-state index contributed by atoms with van der Waals surface area (Å²) in [5.41, 5.74) is 0.332. The third kappa shape index (κ3) is 7.08. The number of hydrogen-bond donors (Lipinski definition) is 1. The number of carbonyl (C=O) groups is 2. The van der Waals surface area contributed by atoms with E-state index >= 15 is 0 Å². The van der Waals surface area contributed by atoms with Crippen LogP contribution in [0.25, 0.3) is 0 Å². The van der Waals surface area contributed by atoms with Gasteiger partial charge in [0.2, 0.25) is 0 Å². The molecule has 1 atom stereocenters. The summed E-state index contributed by atoms with van der Waals surface area (Å²) < 4.78 is 15.2. The molecule has 1 unspecified atom stereocenters. The van der Waals surface area contributed by atoms with Crippen LogP contribution in [0.2, 0.25) is 0 Å². The second-order valence-corrected chi connectivity index (χ2v) is 5.72. The SMILES string of the molecule is COC(=O)C(COCc1ccccc1)NC(=O)OC(C)(C)C.[HH]. The highest BCUT2D eigenvalue weighted by molar-refractivity contribution is 5.81. The summed E-state index contributed by atoms with van der Waals surface area (Å²) >= 11 is 0. The lowest BCUT2D eigenvalue weighted by Gasteiger charge is -2.22. The van der Waals surface area contributed by atoms with E-state index in [-0.39, 0.29) is 8.03 Å². The van der Waals surface area contributed by atoms with Crippen LogP contribution in [0.1, 0.15) is 27.8 Å². The second-order valence-electron chi connectivity index (χ2n) is 5.72. The Bertz CT molecular complexity index is 487. The molecule has 1 amide bonds. The van der Waals surface area contributed by atoms with Gasteiger partial charge in [-0.15, -0.1) is 0 Å². The molecule has 0 fully saturated rings. The summed E-state index contributed by atoms with van der Waals surface area (Å²) in [7, 11) is 1.25. The number of rotatable bonds is 6. The molecule has 6 heteroatoms. The number of ether oxygens (including phenoxy) is 3. The first-order valence-electron chi connectivity index (χ1n) is 7.01. The maximum Gasteiger partial charge on any atom is 0.408 e. The molecule has 124 valence electrons. The van der Waals surface area contributed by atoms with Gasteiger partial charge in [-0.3, -0.25) is 0 Å². The predicted octanol–water partition coefficient (Wildman–Crippen LogP) is 2.52. The van der Waals surface area contributed by atoms with Crippen molar-refractivity contribution in [1.82, 2.24) is 5.32 Å². The molecule has 1 N–H and O–H groups in total. The average molecular weight is 311 g/mol. The van der Waals surface area contributed by atoms with Crippen LogP contribution in [0.15, 0.2) is 30.3 Å². The molecule has 0 radical (unpaired) electrons. The van der Waals surface area contributed by atoms with Gasteiger partial charge in [-0.05, 0) is 26.3 Å². The highest BCUT2D eigenvalue weighted by Gasteiger charge is 2.25. The molecule has 0 spiro atoms. The number of benzene rings is 1. The molecule has 0 saturated heterocycles. The Morgan fingerprint density at radius 3 is 2.41 bits per heavy atom. The van der Waals surface area contributed by atoms with E-state index in [1.165, 1.54) is 7.11 Å². The van der Waals surface area contributed by atoms with Crippen molar-refractivity contribution in [2.75, 3.05) is 13.7 Å². The molecule has 1 rings (SSSR count). The zero-order valence-corrected chi connectivity index (χ0v) is 13.4. The highest BCUT2D eigenvalue weighted by Crippen LogP contribution is 2.07. The smallest absolute Gasteiger partial charge is 0.408 e. The van der Waals surface area contributed by atoms with Crippen LogP contribution in [-0.2, 0) is 25.6 Å². The first-order chi connectivity index (χ1) is 10.3. The van der Waals surface area contributed by atoms with Gasteiger partial charge < -0.3 is 19.5 Å². The summed E-state index contributed by atoms with van der Waals surface area (Å²) in [5.74, 6) is -0.584. The molecule has 1 aromatic rings. The third-order valence-electron chi connectivity index (χ3n) is 2.57. The van der Waals surface area contributed by atoms with Gasteiger partial charge in [0.05, 0.1) is 20.3 Å². The number of methoxy groups -OCH3 is 1. The van der Waals surface area contributed by atoms with Crippen molar-refractivity contribution >= 4 is 12.1 Å². The number of amides is 1. The zero-order chi connectivity index (χ0) is 16.6.